The maximum Gasteiger partial charge on any atom is 0.252 e. The summed E-state index contributed by atoms with van der Waals surface area (Å²) in [6.45, 7) is 2.21. The quantitative estimate of drug-likeness (QED) is 0.673. The second-order valence-corrected chi connectivity index (χ2v) is 5.39. The average molecular weight is 347 g/mol. The molecule has 20 heavy (non-hydrogen) atoms. The summed E-state index contributed by atoms with van der Waals surface area (Å²) in [5, 5.41) is 2.66. The number of benzene rings is 1. The lowest BCUT2D eigenvalue weighted by Gasteiger charge is -2.15. The van der Waals surface area contributed by atoms with Gasteiger partial charge < -0.3 is 5.32 Å². The monoisotopic (exact) mass is 346 g/mol. The number of nitrogens with one attached hydrogen (secondary N) is 1. The molecular weight excluding hydrogens is 334 g/mol. The van der Waals surface area contributed by atoms with Gasteiger partial charge in [0.2, 0.25) is 5.91 Å². The molecule has 1 aliphatic heterocycles. The lowest BCUT2D eigenvalue weighted by Crippen LogP contribution is -2.35. The Hall–Kier alpha value is -1.50. The molecule has 1 N–H and O–H groups in total. The SMILES string of the molecule is CCCN1C(=O)CC(Nc2cc(Br)c(F)cc2F)C1=O. The molecule has 2 amide bonds. The molecule has 0 aliphatic carbocycles. The van der Waals surface area contributed by atoms with Gasteiger partial charge in [0, 0.05) is 12.6 Å². The van der Waals surface area contributed by atoms with Crippen molar-refractivity contribution < 1.29 is 18.4 Å². The van der Waals surface area contributed by atoms with Crippen molar-refractivity contribution >= 4 is 33.4 Å². The van der Waals surface area contributed by atoms with Crippen molar-refractivity contribution in [3.63, 3.8) is 0 Å². The van der Waals surface area contributed by atoms with Crippen LogP contribution < -0.4 is 5.32 Å². The second kappa shape index (κ2) is 5.87. The number of hydrogen-bond acceptors (Lipinski definition) is 3. The predicted octanol–water partition coefficient (Wildman–Crippen LogP) is 2.68. The minimum absolute atomic E-state index is 0.0113. The van der Waals surface area contributed by atoms with Crippen molar-refractivity contribution in [2.75, 3.05) is 11.9 Å². The maximum atomic E-state index is 13.6. The molecule has 0 aromatic heterocycles. The molecule has 1 aromatic rings. The van der Waals surface area contributed by atoms with Crippen molar-refractivity contribution in [2.45, 2.75) is 25.8 Å². The van der Waals surface area contributed by atoms with Crippen LogP contribution >= 0.6 is 15.9 Å². The molecule has 0 saturated carbocycles. The Bertz CT molecular complexity index is 566. The van der Waals surface area contributed by atoms with Gasteiger partial charge in [-0.25, -0.2) is 8.78 Å². The van der Waals surface area contributed by atoms with E-state index >= 15 is 0 Å². The Morgan fingerprint density at radius 3 is 2.70 bits per heavy atom. The Balaban J connectivity index is 2.17. The van der Waals surface area contributed by atoms with Crippen LogP contribution in [-0.2, 0) is 9.59 Å². The van der Waals surface area contributed by atoms with E-state index in [-0.39, 0.29) is 28.4 Å². The van der Waals surface area contributed by atoms with E-state index in [9.17, 15) is 18.4 Å². The zero-order valence-electron chi connectivity index (χ0n) is 10.8. The first kappa shape index (κ1) is 14.9. The van der Waals surface area contributed by atoms with Gasteiger partial charge in [-0.2, -0.15) is 0 Å². The second-order valence-electron chi connectivity index (χ2n) is 4.53. The number of carbonyl (C=O) groups excluding carboxylic acids is 2. The summed E-state index contributed by atoms with van der Waals surface area (Å²) in [5.74, 6) is -2.19. The van der Waals surface area contributed by atoms with Gasteiger partial charge in [0.25, 0.3) is 5.91 Å². The predicted molar refractivity (Wildman–Crippen MR) is 73.1 cm³/mol. The van der Waals surface area contributed by atoms with E-state index in [1.54, 1.807) is 0 Å². The Labute approximate surface area is 123 Å². The first-order valence-corrected chi connectivity index (χ1v) is 6.98. The topological polar surface area (TPSA) is 49.4 Å². The molecule has 1 unspecified atom stereocenters. The molecule has 108 valence electrons. The highest BCUT2D eigenvalue weighted by atomic mass is 79.9. The Kier molecular flexibility index (Phi) is 4.37. The number of halogens is 3. The lowest BCUT2D eigenvalue weighted by atomic mass is 10.2. The fourth-order valence-electron chi connectivity index (χ4n) is 2.08. The number of imide groups is 1. The largest absolute Gasteiger partial charge is 0.371 e. The van der Waals surface area contributed by atoms with E-state index in [4.69, 9.17) is 0 Å². The van der Waals surface area contributed by atoms with Gasteiger partial charge in [-0.3, -0.25) is 14.5 Å². The van der Waals surface area contributed by atoms with Crippen molar-refractivity contribution in [3.8, 4) is 0 Å². The molecule has 4 nitrogen and oxygen atoms in total. The summed E-state index contributed by atoms with van der Waals surface area (Å²) >= 11 is 2.95. The minimum atomic E-state index is -0.806. The van der Waals surface area contributed by atoms with Gasteiger partial charge >= 0.3 is 0 Å². The van der Waals surface area contributed by atoms with E-state index in [2.05, 4.69) is 21.2 Å². The standard InChI is InChI=1S/C13H13BrF2N2O2/c1-2-3-18-12(19)6-11(13(18)20)17-10-4-7(14)8(15)5-9(10)16/h4-5,11,17H,2-3,6H2,1H3. The fraction of sp³-hybridized carbons (Fsp3) is 0.385. The number of rotatable bonds is 4. The molecule has 0 spiro atoms. The van der Waals surface area contributed by atoms with Gasteiger partial charge in [0.05, 0.1) is 16.6 Å². The zero-order chi connectivity index (χ0) is 14.9. The van der Waals surface area contributed by atoms with Crippen molar-refractivity contribution in [1.82, 2.24) is 4.90 Å². The van der Waals surface area contributed by atoms with E-state index in [1.807, 2.05) is 6.92 Å². The van der Waals surface area contributed by atoms with Crippen molar-refractivity contribution in [2.24, 2.45) is 0 Å². The van der Waals surface area contributed by atoms with Crippen LogP contribution in [0, 0.1) is 11.6 Å². The van der Waals surface area contributed by atoms with Crippen LogP contribution in [0.3, 0.4) is 0 Å². The van der Waals surface area contributed by atoms with Crippen molar-refractivity contribution in [3.05, 3.63) is 28.2 Å². The third-order valence-electron chi connectivity index (χ3n) is 3.03. The molecule has 1 fully saturated rings. The summed E-state index contributed by atoms with van der Waals surface area (Å²) in [5.41, 5.74) is -0.0113. The first-order valence-electron chi connectivity index (χ1n) is 6.19. The van der Waals surface area contributed by atoms with Gasteiger partial charge in [0.15, 0.2) is 0 Å². The van der Waals surface area contributed by atoms with E-state index in [0.29, 0.717) is 13.0 Å². The average Bonchev–Trinajstić information content (AvgIpc) is 2.64. The van der Waals surface area contributed by atoms with Crippen LogP contribution in [0.2, 0.25) is 0 Å². The third-order valence-corrected chi connectivity index (χ3v) is 3.64. The molecule has 1 atom stereocenters. The van der Waals surface area contributed by atoms with E-state index in [1.165, 1.54) is 6.07 Å². The van der Waals surface area contributed by atoms with Crippen LogP contribution in [0.15, 0.2) is 16.6 Å². The number of carbonyl (C=O) groups is 2. The van der Waals surface area contributed by atoms with E-state index in [0.717, 1.165) is 11.0 Å². The number of amides is 2. The summed E-state index contributed by atoms with van der Waals surface area (Å²) in [6, 6.07) is 1.13. The normalized spacial score (nSPS) is 18.8. The van der Waals surface area contributed by atoms with Crippen LogP contribution in [0.25, 0.3) is 0 Å². The van der Waals surface area contributed by atoms with Gasteiger partial charge in [-0.05, 0) is 28.4 Å². The summed E-state index contributed by atoms with van der Waals surface area (Å²) in [4.78, 5) is 24.9. The third kappa shape index (κ3) is 2.82. The van der Waals surface area contributed by atoms with Crippen LogP contribution in [0.1, 0.15) is 19.8 Å². The van der Waals surface area contributed by atoms with Gasteiger partial charge in [0.1, 0.15) is 17.7 Å². The summed E-state index contributed by atoms with van der Waals surface area (Å²) < 4.78 is 26.8. The number of likely N-dealkylation sites (tertiary alicyclic amines) is 1. The van der Waals surface area contributed by atoms with Crippen LogP contribution in [0.5, 0.6) is 0 Å². The number of nitrogens with zero attached hydrogens (tertiary/aromatic N) is 1. The minimum Gasteiger partial charge on any atom is -0.371 e. The molecule has 2 rings (SSSR count). The Morgan fingerprint density at radius 2 is 2.05 bits per heavy atom. The molecule has 1 aliphatic rings. The smallest absolute Gasteiger partial charge is 0.252 e. The molecule has 1 saturated heterocycles. The number of anilines is 1. The summed E-state index contributed by atoms with van der Waals surface area (Å²) in [7, 11) is 0. The highest BCUT2D eigenvalue weighted by Gasteiger charge is 2.38. The maximum absolute atomic E-state index is 13.6. The fourth-order valence-corrected chi connectivity index (χ4v) is 2.42. The molecule has 1 heterocycles. The van der Waals surface area contributed by atoms with Crippen LogP contribution in [0.4, 0.5) is 14.5 Å². The molecule has 0 radical (unpaired) electrons. The van der Waals surface area contributed by atoms with Gasteiger partial charge in [-0.1, -0.05) is 6.92 Å². The highest BCUT2D eigenvalue weighted by molar-refractivity contribution is 9.10. The van der Waals surface area contributed by atoms with Gasteiger partial charge in [-0.15, -0.1) is 0 Å². The molecule has 1 aromatic carbocycles. The Morgan fingerprint density at radius 1 is 1.35 bits per heavy atom. The van der Waals surface area contributed by atoms with Crippen LogP contribution in [-0.4, -0.2) is 29.3 Å². The first-order chi connectivity index (χ1) is 9.43. The highest BCUT2D eigenvalue weighted by Crippen LogP contribution is 2.26. The lowest BCUT2D eigenvalue weighted by molar-refractivity contribution is -0.138. The van der Waals surface area contributed by atoms with Crippen molar-refractivity contribution in [1.29, 1.82) is 0 Å². The molecular formula is C13H13BrF2N2O2. The number of hydrogen-bond donors (Lipinski definition) is 1. The summed E-state index contributed by atoms with van der Waals surface area (Å²) in [6.07, 6.45) is 0.647. The molecule has 7 heteroatoms. The van der Waals surface area contributed by atoms with E-state index < -0.39 is 17.7 Å². The molecule has 0 bridgehead atoms. The zero-order valence-corrected chi connectivity index (χ0v) is 12.3.